The first-order chi connectivity index (χ1) is 8.86. The van der Waals surface area contributed by atoms with E-state index in [-0.39, 0.29) is 0 Å². The van der Waals surface area contributed by atoms with Crippen molar-refractivity contribution in [1.82, 2.24) is 10.3 Å². The molecule has 1 aromatic heterocycles. The lowest BCUT2D eigenvalue weighted by molar-refractivity contribution is 0.756. The number of rotatable bonds is 1. The van der Waals surface area contributed by atoms with Gasteiger partial charge >= 0.3 is 0 Å². The average molecular weight is 257 g/mol. The van der Waals surface area contributed by atoms with E-state index in [4.69, 9.17) is 12.2 Å². The molecule has 1 aliphatic heterocycles. The summed E-state index contributed by atoms with van der Waals surface area (Å²) < 4.78 is 0. The van der Waals surface area contributed by atoms with Crippen molar-refractivity contribution in [2.45, 2.75) is 12.8 Å². The van der Waals surface area contributed by atoms with Crippen LogP contribution in [0.3, 0.4) is 0 Å². The second kappa shape index (κ2) is 4.90. The van der Waals surface area contributed by atoms with Gasteiger partial charge in [0.2, 0.25) is 0 Å². The molecule has 1 fully saturated rings. The third kappa shape index (κ3) is 2.04. The fraction of sp³-hybridized carbons (Fsp3) is 0.286. The minimum atomic E-state index is 0.811. The van der Waals surface area contributed by atoms with E-state index in [1.54, 1.807) is 0 Å². The van der Waals surface area contributed by atoms with Crippen molar-refractivity contribution in [2.75, 3.05) is 18.0 Å². The van der Waals surface area contributed by atoms with Crippen LogP contribution in [0.5, 0.6) is 0 Å². The maximum Gasteiger partial charge on any atom is 0.173 e. The minimum Gasteiger partial charge on any atom is -0.362 e. The SMILES string of the molecule is S=C1NCCCCN1c1cccc2cccnc12. The second-order valence-electron chi connectivity index (χ2n) is 4.44. The Morgan fingerprint density at radius 2 is 2.06 bits per heavy atom. The van der Waals surface area contributed by atoms with Crippen LogP contribution < -0.4 is 10.2 Å². The molecule has 0 radical (unpaired) electrons. The summed E-state index contributed by atoms with van der Waals surface area (Å²) in [6.45, 7) is 1.93. The van der Waals surface area contributed by atoms with Crippen molar-refractivity contribution in [3.63, 3.8) is 0 Å². The third-order valence-corrected chi connectivity index (χ3v) is 3.60. The lowest BCUT2D eigenvalue weighted by Crippen LogP contribution is -2.38. The summed E-state index contributed by atoms with van der Waals surface area (Å²) in [6, 6.07) is 10.3. The van der Waals surface area contributed by atoms with E-state index >= 15 is 0 Å². The average Bonchev–Trinajstić information content (AvgIpc) is 2.63. The van der Waals surface area contributed by atoms with Gasteiger partial charge in [-0.25, -0.2) is 0 Å². The van der Waals surface area contributed by atoms with Crippen LogP contribution in [0.25, 0.3) is 10.9 Å². The topological polar surface area (TPSA) is 28.2 Å². The predicted octanol–water partition coefficient (Wildman–Crippen LogP) is 2.71. The number of thiocarbonyl (C=S) groups is 1. The molecular formula is C14H15N3S. The standard InChI is InChI=1S/C14H15N3S/c18-14-16-8-1-2-10-17(14)12-7-3-5-11-6-4-9-15-13(11)12/h3-7,9H,1-2,8,10H2,(H,16,18). The van der Waals surface area contributed by atoms with Gasteiger partial charge in [0, 0.05) is 24.7 Å². The molecule has 4 heteroatoms. The van der Waals surface area contributed by atoms with E-state index in [0.29, 0.717) is 0 Å². The first-order valence-corrected chi connectivity index (χ1v) is 6.66. The van der Waals surface area contributed by atoms with Gasteiger partial charge in [-0.3, -0.25) is 4.98 Å². The molecule has 1 N–H and O–H groups in total. The minimum absolute atomic E-state index is 0.811. The molecule has 0 amide bonds. The Morgan fingerprint density at radius 1 is 1.17 bits per heavy atom. The largest absolute Gasteiger partial charge is 0.362 e. The number of pyridine rings is 1. The highest BCUT2D eigenvalue weighted by Crippen LogP contribution is 2.25. The Hall–Kier alpha value is -1.68. The van der Waals surface area contributed by atoms with Gasteiger partial charge in [-0.2, -0.15) is 0 Å². The molecule has 3 nitrogen and oxygen atoms in total. The molecule has 2 aromatic rings. The van der Waals surface area contributed by atoms with Gasteiger partial charge in [0.05, 0.1) is 11.2 Å². The Morgan fingerprint density at radius 3 is 3.00 bits per heavy atom. The van der Waals surface area contributed by atoms with Crippen LogP contribution in [-0.2, 0) is 0 Å². The van der Waals surface area contributed by atoms with Gasteiger partial charge < -0.3 is 10.2 Å². The van der Waals surface area contributed by atoms with Crippen molar-refractivity contribution in [3.05, 3.63) is 36.5 Å². The third-order valence-electron chi connectivity index (χ3n) is 3.23. The Labute approximate surface area is 112 Å². The van der Waals surface area contributed by atoms with Crippen LogP contribution in [0.4, 0.5) is 5.69 Å². The molecule has 0 atom stereocenters. The van der Waals surface area contributed by atoms with Gasteiger partial charge in [0.25, 0.3) is 0 Å². The lowest BCUT2D eigenvalue weighted by Gasteiger charge is -2.24. The zero-order valence-corrected chi connectivity index (χ0v) is 10.9. The quantitative estimate of drug-likeness (QED) is 0.795. The molecule has 92 valence electrons. The molecule has 0 bridgehead atoms. The van der Waals surface area contributed by atoms with Crippen molar-refractivity contribution < 1.29 is 0 Å². The molecule has 1 aliphatic rings. The summed E-state index contributed by atoms with van der Waals surface area (Å²) in [4.78, 5) is 6.66. The molecule has 18 heavy (non-hydrogen) atoms. The van der Waals surface area contributed by atoms with E-state index in [1.807, 2.05) is 12.3 Å². The number of fused-ring (bicyclic) bond motifs is 1. The maximum absolute atomic E-state index is 5.45. The number of nitrogens with one attached hydrogen (secondary N) is 1. The van der Waals surface area contributed by atoms with Crippen molar-refractivity contribution in [1.29, 1.82) is 0 Å². The number of nitrogens with zero attached hydrogens (tertiary/aromatic N) is 2. The molecule has 3 rings (SSSR count). The molecule has 1 aromatic carbocycles. The van der Waals surface area contributed by atoms with Gasteiger partial charge in [0.1, 0.15) is 0 Å². The second-order valence-corrected chi connectivity index (χ2v) is 4.83. The van der Waals surface area contributed by atoms with E-state index in [2.05, 4.69) is 39.5 Å². The molecule has 0 aliphatic carbocycles. The monoisotopic (exact) mass is 257 g/mol. The summed E-state index contributed by atoms with van der Waals surface area (Å²) >= 11 is 5.45. The number of hydrogen-bond donors (Lipinski definition) is 1. The lowest BCUT2D eigenvalue weighted by atomic mass is 10.1. The highest BCUT2D eigenvalue weighted by atomic mass is 32.1. The van der Waals surface area contributed by atoms with E-state index < -0.39 is 0 Å². The van der Waals surface area contributed by atoms with Gasteiger partial charge in [0.15, 0.2) is 5.11 Å². The first-order valence-electron chi connectivity index (χ1n) is 6.25. The van der Waals surface area contributed by atoms with Crippen LogP contribution >= 0.6 is 12.2 Å². The maximum atomic E-state index is 5.45. The summed E-state index contributed by atoms with van der Waals surface area (Å²) in [5.41, 5.74) is 2.12. The molecular weight excluding hydrogens is 242 g/mol. The summed E-state index contributed by atoms with van der Waals surface area (Å²) in [5, 5.41) is 5.25. The van der Waals surface area contributed by atoms with Crippen molar-refractivity contribution in [3.8, 4) is 0 Å². The molecule has 1 saturated heterocycles. The van der Waals surface area contributed by atoms with Gasteiger partial charge in [-0.15, -0.1) is 0 Å². The number of anilines is 1. The number of aromatic nitrogens is 1. The van der Waals surface area contributed by atoms with Crippen molar-refractivity contribution in [2.24, 2.45) is 0 Å². The van der Waals surface area contributed by atoms with Gasteiger partial charge in [-0.1, -0.05) is 18.2 Å². The Bertz CT molecular complexity index is 577. The highest BCUT2D eigenvalue weighted by molar-refractivity contribution is 7.80. The summed E-state index contributed by atoms with van der Waals surface area (Å²) in [6.07, 6.45) is 4.14. The smallest absolute Gasteiger partial charge is 0.173 e. The fourth-order valence-corrected chi connectivity index (χ4v) is 2.61. The van der Waals surface area contributed by atoms with Crippen LogP contribution in [0.1, 0.15) is 12.8 Å². The number of para-hydroxylation sites is 1. The zero-order valence-electron chi connectivity index (χ0n) is 10.1. The molecule has 0 saturated carbocycles. The van der Waals surface area contributed by atoms with Gasteiger partial charge in [-0.05, 0) is 37.2 Å². The van der Waals surface area contributed by atoms with E-state index in [9.17, 15) is 0 Å². The predicted molar refractivity (Wildman–Crippen MR) is 78.9 cm³/mol. The number of hydrogen-bond acceptors (Lipinski definition) is 2. The Kier molecular flexibility index (Phi) is 3.11. The van der Waals surface area contributed by atoms with Crippen LogP contribution in [0.15, 0.2) is 36.5 Å². The summed E-state index contributed by atoms with van der Waals surface area (Å²) in [7, 11) is 0. The van der Waals surface area contributed by atoms with Crippen LogP contribution in [0, 0.1) is 0 Å². The molecule has 2 heterocycles. The number of benzene rings is 1. The normalized spacial score (nSPS) is 16.4. The fourth-order valence-electron chi connectivity index (χ4n) is 2.32. The van der Waals surface area contributed by atoms with Crippen LogP contribution in [-0.4, -0.2) is 23.2 Å². The van der Waals surface area contributed by atoms with E-state index in [1.165, 1.54) is 0 Å². The molecule has 0 spiro atoms. The van der Waals surface area contributed by atoms with E-state index in [0.717, 1.165) is 47.6 Å². The molecule has 0 unspecified atom stereocenters. The highest BCUT2D eigenvalue weighted by Gasteiger charge is 2.17. The summed E-state index contributed by atoms with van der Waals surface area (Å²) in [5.74, 6) is 0. The zero-order chi connectivity index (χ0) is 12.4. The Balaban J connectivity index is 2.10. The first kappa shape index (κ1) is 11.4. The van der Waals surface area contributed by atoms with Crippen molar-refractivity contribution >= 4 is 33.9 Å². The van der Waals surface area contributed by atoms with Crippen LogP contribution in [0.2, 0.25) is 0 Å².